The molecular weight excluding hydrogens is 765 g/mol. The van der Waals surface area contributed by atoms with Gasteiger partial charge in [-0.15, -0.1) is 0 Å². The molecular formula is C45H48N8O7. The van der Waals surface area contributed by atoms with Crippen molar-refractivity contribution in [2.45, 2.75) is 88.6 Å². The highest BCUT2D eigenvalue weighted by Crippen LogP contribution is 2.55. The van der Waals surface area contributed by atoms with Gasteiger partial charge in [-0.2, -0.15) is 0 Å². The number of alkyl carbamates (subject to hydrolysis) is 1. The van der Waals surface area contributed by atoms with Gasteiger partial charge in [-0.25, -0.2) is 19.6 Å². The van der Waals surface area contributed by atoms with Gasteiger partial charge < -0.3 is 45.0 Å². The van der Waals surface area contributed by atoms with Gasteiger partial charge in [0, 0.05) is 41.8 Å². The number of carboxylic acid groups (broad SMARTS) is 1. The van der Waals surface area contributed by atoms with Gasteiger partial charge in [-0.1, -0.05) is 37.8 Å². The van der Waals surface area contributed by atoms with Crippen molar-refractivity contribution < 1.29 is 33.8 Å². The van der Waals surface area contributed by atoms with Crippen LogP contribution in [0, 0.1) is 35.5 Å². The van der Waals surface area contributed by atoms with Crippen LogP contribution in [0.25, 0.3) is 32.8 Å². The summed E-state index contributed by atoms with van der Waals surface area (Å²) in [5.74, 6) is 8.39. The Kier molecular flexibility index (Phi) is 9.42. The molecule has 4 amide bonds. The van der Waals surface area contributed by atoms with Crippen molar-refractivity contribution in [2.75, 3.05) is 20.3 Å². The van der Waals surface area contributed by atoms with Crippen LogP contribution in [0.2, 0.25) is 0 Å². The van der Waals surface area contributed by atoms with E-state index >= 15 is 0 Å². The molecule has 15 heteroatoms. The van der Waals surface area contributed by atoms with E-state index in [1.807, 2.05) is 66.1 Å². The summed E-state index contributed by atoms with van der Waals surface area (Å²) in [6, 6.07) is 14.3. The van der Waals surface area contributed by atoms with Gasteiger partial charge in [-0.05, 0) is 104 Å². The standard InChI is InChI=1S/C45H48N8O7/c1-22(2)37(51-45(58)59-3)42(54)52-33-18-27(33)20-35(52)40-46-30-10-7-24(17-32(30)48-40)5-4-23-6-9-29-26(16-23)8-11-31-39(29)49-41(47-31)36-21-28-19-34(28)53(36)43(55)38(50-44(56)57)25-12-14-60-15-13-25/h6-11,16-17,22,25,27-28,33-38,50H,12-15,18-21H2,1-3H3,(H,46,48)(H,47,49)(H,51,58)(H,56,57)/t27-,28-,33-,34-,35+,36+,37+,38+/m1/s1. The Hall–Kier alpha value is -6.14. The second-order valence-corrected chi connectivity index (χ2v) is 17.5. The Morgan fingerprint density at radius 1 is 0.817 bits per heavy atom. The number of amides is 4. The summed E-state index contributed by atoms with van der Waals surface area (Å²) >= 11 is 0. The fourth-order valence-electron chi connectivity index (χ4n) is 10.1. The number of carbonyl (C=O) groups is 4. The van der Waals surface area contributed by atoms with Crippen molar-refractivity contribution in [3.8, 4) is 11.8 Å². The van der Waals surface area contributed by atoms with Gasteiger partial charge in [0.2, 0.25) is 11.8 Å². The van der Waals surface area contributed by atoms with Crippen LogP contribution in [0.1, 0.15) is 87.2 Å². The second kappa shape index (κ2) is 14.8. The number of fused-ring (bicyclic) bond motifs is 6. The highest BCUT2D eigenvalue weighted by molar-refractivity contribution is 6.04. The van der Waals surface area contributed by atoms with Crippen LogP contribution < -0.4 is 10.6 Å². The molecule has 5 aromatic rings. The molecule has 0 spiro atoms. The van der Waals surface area contributed by atoms with Gasteiger partial charge in [0.25, 0.3) is 0 Å². The Morgan fingerprint density at radius 2 is 1.47 bits per heavy atom. The van der Waals surface area contributed by atoms with E-state index in [-0.39, 0.29) is 47.8 Å². The van der Waals surface area contributed by atoms with Gasteiger partial charge in [0.15, 0.2) is 0 Å². The summed E-state index contributed by atoms with van der Waals surface area (Å²) in [5, 5.41) is 16.9. The maximum Gasteiger partial charge on any atom is 0.407 e. The number of aromatic amines is 2. The van der Waals surface area contributed by atoms with E-state index in [4.69, 9.17) is 19.4 Å². The minimum atomic E-state index is -1.19. The molecule has 8 atom stereocenters. The molecule has 5 fully saturated rings. The molecule has 2 aliphatic carbocycles. The van der Waals surface area contributed by atoms with Gasteiger partial charge >= 0.3 is 12.2 Å². The normalized spacial score (nSPS) is 25.4. The first-order valence-electron chi connectivity index (χ1n) is 21.0. The number of H-pyrrole nitrogens is 2. The molecule has 0 radical (unpaired) electrons. The average molecular weight is 813 g/mol. The number of hydrogen-bond donors (Lipinski definition) is 5. The molecule has 3 aromatic carbocycles. The van der Waals surface area contributed by atoms with E-state index in [9.17, 15) is 24.3 Å². The topological polar surface area (TPSA) is 195 Å². The molecule has 3 saturated heterocycles. The van der Waals surface area contributed by atoms with Crippen LogP contribution in [-0.2, 0) is 19.1 Å². The summed E-state index contributed by atoms with van der Waals surface area (Å²) in [4.78, 5) is 72.6. The number of rotatable bonds is 8. The number of likely N-dealkylation sites (tertiary alicyclic amines) is 2. The van der Waals surface area contributed by atoms with E-state index in [0.29, 0.717) is 37.9 Å². The Morgan fingerprint density at radius 3 is 2.15 bits per heavy atom. The first kappa shape index (κ1) is 38.1. The van der Waals surface area contributed by atoms with Gasteiger partial charge in [0.1, 0.15) is 23.7 Å². The van der Waals surface area contributed by atoms with E-state index in [1.54, 1.807) is 0 Å². The van der Waals surface area contributed by atoms with Crippen molar-refractivity contribution in [3.63, 3.8) is 0 Å². The molecule has 15 nitrogen and oxygen atoms in total. The molecule has 5 N–H and O–H groups in total. The molecule has 10 rings (SSSR count). The minimum Gasteiger partial charge on any atom is -0.465 e. The molecule has 3 aliphatic heterocycles. The van der Waals surface area contributed by atoms with E-state index in [2.05, 4.69) is 38.5 Å². The smallest absolute Gasteiger partial charge is 0.407 e. The minimum absolute atomic E-state index is 0.0991. The zero-order valence-corrected chi connectivity index (χ0v) is 33.7. The number of benzene rings is 3. The third-order valence-electron chi connectivity index (χ3n) is 13.4. The predicted molar refractivity (Wildman–Crippen MR) is 221 cm³/mol. The maximum atomic E-state index is 14.1. The summed E-state index contributed by atoms with van der Waals surface area (Å²) < 4.78 is 10.3. The van der Waals surface area contributed by atoms with E-state index in [0.717, 1.165) is 81.3 Å². The van der Waals surface area contributed by atoms with E-state index < -0.39 is 24.3 Å². The van der Waals surface area contributed by atoms with Crippen LogP contribution in [0.15, 0.2) is 48.5 Å². The fourth-order valence-corrected chi connectivity index (χ4v) is 10.1. The lowest BCUT2D eigenvalue weighted by molar-refractivity contribution is -0.138. The van der Waals surface area contributed by atoms with Crippen LogP contribution >= 0.6 is 0 Å². The number of imidazole rings is 2. The molecule has 0 unspecified atom stereocenters. The molecule has 2 saturated carbocycles. The number of methoxy groups -OCH3 is 1. The fraction of sp³-hybridized carbons (Fsp3) is 0.467. The predicted octanol–water partition coefficient (Wildman–Crippen LogP) is 5.76. The Bertz CT molecular complexity index is 2620. The largest absolute Gasteiger partial charge is 0.465 e. The highest BCUT2D eigenvalue weighted by Gasteiger charge is 2.57. The lowest BCUT2D eigenvalue weighted by atomic mass is 9.90. The van der Waals surface area contributed by atoms with Crippen molar-refractivity contribution in [2.24, 2.45) is 23.7 Å². The molecule has 5 aliphatic rings. The first-order valence-corrected chi connectivity index (χ1v) is 21.0. The lowest BCUT2D eigenvalue weighted by Gasteiger charge is -2.35. The average Bonchev–Trinajstić information content (AvgIpc) is 3.90. The quantitative estimate of drug-likeness (QED) is 0.121. The SMILES string of the molecule is COC(=O)N[C@H](C(=O)N1[C@@H]2C[C@@H]2C[C@H]1c1nc2cc(C#Cc3ccc4c(ccc5nc([C@@H]6C[C@H]7C[C@H]7N6C(=O)[C@@H](NC(=O)O)C6CCOCC6)[nH]c54)c3)ccc2[nH]1)C(C)C. The molecule has 60 heavy (non-hydrogen) atoms. The number of hydrogen-bond acceptors (Lipinski definition) is 8. The number of piperidine rings is 2. The summed E-state index contributed by atoms with van der Waals surface area (Å²) in [6.07, 6.45) is 2.96. The van der Waals surface area contributed by atoms with Gasteiger partial charge in [-0.3, -0.25) is 9.59 Å². The van der Waals surface area contributed by atoms with Crippen LogP contribution in [0.4, 0.5) is 9.59 Å². The third kappa shape index (κ3) is 6.86. The monoisotopic (exact) mass is 812 g/mol. The Balaban J connectivity index is 0.872. The Labute approximate surface area is 346 Å². The highest BCUT2D eigenvalue weighted by atomic mass is 16.5. The van der Waals surface area contributed by atoms with Crippen LogP contribution in [0.3, 0.4) is 0 Å². The van der Waals surface area contributed by atoms with Crippen molar-refractivity contribution >= 4 is 56.8 Å². The molecule has 0 bridgehead atoms. The summed E-state index contributed by atoms with van der Waals surface area (Å²) in [5.41, 5.74) is 4.99. The lowest BCUT2D eigenvalue weighted by Crippen LogP contribution is -2.53. The molecule has 310 valence electrons. The number of aromatic nitrogens is 4. The summed E-state index contributed by atoms with van der Waals surface area (Å²) in [7, 11) is 1.30. The zero-order chi connectivity index (χ0) is 41.4. The zero-order valence-electron chi connectivity index (χ0n) is 33.7. The first-order chi connectivity index (χ1) is 29.0. The number of ether oxygens (including phenoxy) is 2. The molecule has 2 aromatic heterocycles. The number of nitrogens with zero attached hydrogens (tertiary/aromatic N) is 4. The number of nitrogens with one attached hydrogen (secondary N) is 4. The van der Waals surface area contributed by atoms with Crippen molar-refractivity contribution in [3.05, 3.63) is 71.3 Å². The summed E-state index contributed by atoms with van der Waals surface area (Å²) in [6.45, 7) is 4.86. The second-order valence-electron chi connectivity index (χ2n) is 17.5. The van der Waals surface area contributed by atoms with E-state index in [1.165, 1.54) is 7.11 Å². The third-order valence-corrected chi connectivity index (χ3v) is 13.4. The van der Waals surface area contributed by atoms with Crippen LogP contribution in [-0.4, -0.2) is 103 Å². The van der Waals surface area contributed by atoms with Gasteiger partial charge in [0.05, 0.1) is 41.3 Å². The number of carbonyl (C=O) groups excluding carboxylic acids is 3. The van der Waals surface area contributed by atoms with Crippen molar-refractivity contribution in [1.29, 1.82) is 0 Å². The molecule has 5 heterocycles. The maximum absolute atomic E-state index is 14.1. The van der Waals surface area contributed by atoms with Crippen molar-refractivity contribution in [1.82, 2.24) is 40.4 Å². The van der Waals surface area contributed by atoms with Crippen LogP contribution in [0.5, 0.6) is 0 Å².